The van der Waals surface area contributed by atoms with E-state index in [4.69, 9.17) is 9.84 Å². The van der Waals surface area contributed by atoms with Crippen molar-refractivity contribution in [2.75, 3.05) is 26.2 Å². The Morgan fingerprint density at radius 1 is 1.24 bits per heavy atom. The van der Waals surface area contributed by atoms with E-state index in [0.717, 1.165) is 28.7 Å². The van der Waals surface area contributed by atoms with E-state index in [2.05, 4.69) is 4.90 Å². The number of carboxylic acid groups (broad SMARTS) is 2. The molecule has 0 saturated carbocycles. The van der Waals surface area contributed by atoms with Crippen LogP contribution in [0.4, 0.5) is 0 Å². The molecular weight excluding hydrogens is 394 g/mol. The Kier molecular flexibility index (Phi) is 8.33. The lowest BCUT2D eigenvalue weighted by Gasteiger charge is -2.26. The number of aliphatic carboxylic acids is 2. The second-order valence-electron chi connectivity index (χ2n) is 6.68. The predicted molar refractivity (Wildman–Crippen MR) is 112 cm³/mol. The van der Waals surface area contributed by atoms with Crippen molar-refractivity contribution < 1.29 is 29.6 Å². The van der Waals surface area contributed by atoms with Crippen LogP contribution in [-0.2, 0) is 14.3 Å². The molecule has 0 fully saturated rings. The number of ether oxygens (including phenoxy) is 1. The van der Waals surface area contributed by atoms with E-state index in [1.54, 1.807) is 23.5 Å². The highest BCUT2D eigenvalue weighted by Crippen LogP contribution is 2.31. The number of hydrogen-bond acceptors (Lipinski definition) is 6. The van der Waals surface area contributed by atoms with E-state index < -0.39 is 29.7 Å². The maximum Gasteiger partial charge on any atom is 0.334 e. The highest BCUT2D eigenvalue weighted by Gasteiger charge is 2.31. The molecule has 0 radical (unpaired) electrons. The summed E-state index contributed by atoms with van der Waals surface area (Å²) in [6.07, 6.45) is -2.05. The molecule has 0 aliphatic carbocycles. The average molecular weight is 422 g/mol. The van der Waals surface area contributed by atoms with Crippen LogP contribution >= 0.6 is 11.3 Å². The summed E-state index contributed by atoms with van der Waals surface area (Å²) in [6.45, 7) is 8.27. The molecule has 1 aromatic heterocycles. The van der Waals surface area contributed by atoms with Crippen molar-refractivity contribution in [3.63, 3.8) is 0 Å². The van der Waals surface area contributed by atoms with Crippen LogP contribution in [0.15, 0.2) is 35.2 Å². The molecule has 0 spiro atoms. The standard InChI is InChI=1S/C21H27NO6S/c1-4-22(5-2)8-9-28-20(16(21(26)27)11-18(23)24)19(25)14-6-7-17-15(10-14)13(3)12-29-17/h6-7,10-12,19-20,25H,4-5,8-9H2,1-3H3,(H,23,24)(H,26,27)/b16-11-. The normalized spacial score (nSPS) is 14.3. The molecular formula is C21H27NO6S. The van der Waals surface area contributed by atoms with E-state index in [9.17, 15) is 19.8 Å². The lowest BCUT2D eigenvalue weighted by Crippen LogP contribution is -2.33. The maximum atomic E-state index is 11.7. The van der Waals surface area contributed by atoms with Crippen LogP contribution in [0.1, 0.15) is 31.1 Å². The van der Waals surface area contributed by atoms with Crippen molar-refractivity contribution in [2.45, 2.75) is 33.0 Å². The third-order valence-corrected chi connectivity index (χ3v) is 5.93. The molecule has 0 amide bonds. The van der Waals surface area contributed by atoms with Gasteiger partial charge in [-0.1, -0.05) is 19.9 Å². The Balaban J connectivity index is 2.36. The quantitative estimate of drug-likeness (QED) is 0.479. The van der Waals surface area contributed by atoms with E-state index in [-0.39, 0.29) is 6.61 Å². The van der Waals surface area contributed by atoms with Gasteiger partial charge in [0.2, 0.25) is 0 Å². The molecule has 0 saturated heterocycles. The summed E-state index contributed by atoms with van der Waals surface area (Å²) in [4.78, 5) is 25.0. The van der Waals surface area contributed by atoms with E-state index in [1.165, 1.54) is 0 Å². The van der Waals surface area contributed by atoms with Gasteiger partial charge in [0, 0.05) is 17.3 Å². The van der Waals surface area contributed by atoms with Crippen LogP contribution in [0.5, 0.6) is 0 Å². The van der Waals surface area contributed by atoms with E-state index in [1.807, 2.05) is 32.2 Å². The second kappa shape index (κ2) is 10.5. The number of benzene rings is 1. The predicted octanol–water partition coefficient (Wildman–Crippen LogP) is 3.07. The number of aliphatic hydroxyl groups is 1. The topological polar surface area (TPSA) is 107 Å². The van der Waals surface area contributed by atoms with E-state index in [0.29, 0.717) is 18.2 Å². The SMILES string of the molecule is CCN(CC)CCOC(/C(=C/C(=O)O)C(=O)O)C(O)c1ccc2scc(C)c2c1. The van der Waals surface area contributed by atoms with Crippen LogP contribution in [0, 0.1) is 6.92 Å². The van der Waals surface area contributed by atoms with Crippen molar-refractivity contribution in [1.29, 1.82) is 0 Å². The van der Waals surface area contributed by atoms with Gasteiger partial charge < -0.3 is 25.0 Å². The Hall–Kier alpha value is -2.26. The monoisotopic (exact) mass is 421 g/mol. The molecule has 7 nitrogen and oxygen atoms in total. The molecule has 1 heterocycles. The minimum absolute atomic E-state index is 0.160. The molecule has 29 heavy (non-hydrogen) atoms. The maximum absolute atomic E-state index is 11.7. The molecule has 1 aromatic carbocycles. The number of hydrogen-bond donors (Lipinski definition) is 3. The number of aliphatic hydroxyl groups excluding tert-OH is 1. The summed E-state index contributed by atoms with van der Waals surface area (Å²) < 4.78 is 6.79. The number of fused-ring (bicyclic) bond motifs is 1. The Morgan fingerprint density at radius 2 is 1.93 bits per heavy atom. The number of thiophene rings is 1. The average Bonchev–Trinajstić information content (AvgIpc) is 3.06. The number of nitrogens with zero attached hydrogens (tertiary/aromatic N) is 1. The fourth-order valence-electron chi connectivity index (χ4n) is 3.13. The van der Waals surface area contributed by atoms with Gasteiger partial charge in [-0.2, -0.15) is 0 Å². The third kappa shape index (κ3) is 5.86. The van der Waals surface area contributed by atoms with Crippen molar-refractivity contribution in [3.05, 3.63) is 46.4 Å². The smallest absolute Gasteiger partial charge is 0.334 e. The highest BCUT2D eigenvalue weighted by molar-refractivity contribution is 7.17. The summed E-state index contributed by atoms with van der Waals surface area (Å²) in [5.74, 6) is -2.84. The molecule has 8 heteroatoms. The van der Waals surface area contributed by atoms with E-state index >= 15 is 0 Å². The van der Waals surface area contributed by atoms with Crippen LogP contribution in [0.25, 0.3) is 10.1 Å². The minimum Gasteiger partial charge on any atom is -0.478 e. The third-order valence-electron chi connectivity index (χ3n) is 4.85. The zero-order valence-electron chi connectivity index (χ0n) is 16.8. The summed E-state index contributed by atoms with van der Waals surface area (Å²) >= 11 is 1.58. The molecule has 2 rings (SSSR count). The largest absolute Gasteiger partial charge is 0.478 e. The van der Waals surface area contributed by atoms with Crippen LogP contribution < -0.4 is 0 Å². The fraction of sp³-hybridized carbons (Fsp3) is 0.429. The first-order chi connectivity index (χ1) is 13.8. The van der Waals surface area contributed by atoms with Gasteiger partial charge in [0.05, 0.1) is 12.2 Å². The summed E-state index contributed by atoms with van der Waals surface area (Å²) in [5.41, 5.74) is 1.04. The van der Waals surface area contributed by atoms with Gasteiger partial charge in [-0.15, -0.1) is 11.3 Å². The van der Waals surface area contributed by atoms with Crippen molar-refractivity contribution in [3.8, 4) is 0 Å². The number of carboxylic acids is 2. The molecule has 158 valence electrons. The molecule has 2 unspecified atom stereocenters. The van der Waals surface area contributed by atoms with Gasteiger partial charge in [0.15, 0.2) is 0 Å². The first-order valence-electron chi connectivity index (χ1n) is 9.46. The number of aryl methyl sites for hydroxylation is 1. The fourth-order valence-corrected chi connectivity index (χ4v) is 4.06. The second-order valence-corrected chi connectivity index (χ2v) is 7.59. The van der Waals surface area contributed by atoms with Gasteiger partial charge in [-0.05, 0) is 54.0 Å². The van der Waals surface area contributed by atoms with Gasteiger partial charge in [-0.3, -0.25) is 0 Å². The van der Waals surface area contributed by atoms with Gasteiger partial charge in [-0.25, -0.2) is 9.59 Å². The first-order valence-corrected chi connectivity index (χ1v) is 10.3. The molecule has 0 bridgehead atoms. The van der Waals surface area contributed by atoms with Gasteiger partial charge in [0.1, 0.15) is 12.2 Å². The summed E-state index contributed by atoms with van der Waals surface area (Å²) in [5, 5.41) is 32.5. The molecule has 2 aromatic rings. The van der Waals surface area contributed by atoms with Crippen molar-refractivity contribution in [2.24, 2.45) is 0 Å². The number of likely N-dealkylation sites (N-methyl/N-ethyl adjacent to an activating group) is 1. The Morgan fingerprint density at radius 3 is 2.52 bits per heavy atom. The van der Waals surface area contributed by atoms with Crippen LogP contribution in [0.3, 0.4) is 0 Å². The van der Waals surface area contributed by atoms with Gasteiger partial charge >= 0.3 is 11.9 Å². The highest BCUT2D eigenvalue weighted by atomic mass is 32.1. The zero-order chi connectivity index (χ0) is 21.6. The van der Waals surface area contributed by atoms with Crippen molar-refractivity contribution >= 4 is 33.4 Å². The minimum atomic E-state index is -1.44. The lowest BCUT2D eigenvalue weighted by molar-refractivity contribution is -0.137. The summed E-state index contributed by atoms with van der Waals surface area (Å²) in [6, 6.07) is 5.37. The Bertz CT molecular complexity index is 886. The first kappa shape index (κ1) is 23.0. The van der Waals surface area contributed by atoms with Gasteiger partial charge in [0.25, 0.3) is 0 Å². The molecule has 0 aliphatic heterocycles. The number of rotatable bonds is 11. The molecule has 0 aliphatic rings. The molecule has 3 N–H and O–H groups in total. The summed E-state index contributed by atoms with van der Waals surface area (Å²) in [7, 11) is 0. The lowest BCUT2D eigenvalue weighted by atomic mass is 9.96. The zero-order valence-corrected chi connectivity index (χ0v) is 17.6. The van der Waals surface area contributed by atoms with Crippen LogP contribution in [0.2, 0.25) is 0 Å². The number of carbonyl (C=O) groups is 2. The van der Waals surface area contributed by atoms with Crippen molar-refractivity contribution in [1.82, 2.24) is 4.90 Å². The van der Waals surface area contributed by atoms with Crippen LogP contribution in [-0.4, -0.2) is 64.5 Å². The Labute approximate surface area is 173 Å². The molecule has 2 atom stereocenters.